The summed E-state index contributed by atoms with van der Waals surface area (Å²) in [6.07, 6.45) is 0.906. The van der Waals surface area contributed by atoms with Crippen molar-refractivity contribution in [2.45, 2.75) is 25.7 Å². The van der Waals surface area contributed by atoms with Crippen molar-refractivity contribution in [2.24, 2.45) is 5.73 Å². The van der Waals surface area contributed by atoms with Gasteiger partial charge in [-0.2, -0.15) is 0 Å². The summed E-state index contributed by atoms with van der Waals surface area (Å²) in [5, 5.41) is 0. The molecule has 1 atom stereocenters. The van der Waals surface area contributed by atoms with E-state index in [1.54, 1.807) is 0 Å². The van der Waals surface area contributed by atoms with Crippen LogP contribution in [0.3, 0.4) is 0 Å². The highest BCUT2D eigenvalue weighted by molar-refractivity contribution is 5.47. The Hall–Kier alpha value is -2.00. The molecule has 0 fully saturated rings. The molecule has 0 aliphatic carbocycles. The van der Waals surface area contributed by atoms with E-state index in [4.69, 9.17) is 15.2 Å². The van der Waals surface area contributed by atoms with E-state index in [1.807, 2.05) is 6.07 Å². The minimum absolute atomic E-state index is 0.115. The molecule has 1 aliphatic heterocycles. The van der Waals surface area contributed by atoms with Crippen molar-refractivity contribution >= 4 is 0 Å². The van der Waals surface area contributed by atoms with Gasteiger partial charge in [-0.15, -0.1) is 0 Å². The van der Waals surface area contributed by atoms with Gasteiger partial charge in [-0.05, 0) is 36.6 Å². The van der Waals surface area contributed by atoms with Crippen molar-refractivity contribution in [3.63, 3.8) is 0 Å². The fourth-order valence-corrected chi connectivity index (χ4v) is 2.72. The van der Waals surface area contributed by atoms with Gasteiger partial charge in [0.25, 0.3) is 0 Å². The molecule has 2 aromatic carbocycles. The number of benzene rings is 2. The maximum absolute atomic E-state index is 6.09. The Morgan fingerprint density at radius 3 is 2.48 bits per heavy atom. The van der Waals surface area contributed by atoms with E-state index in [0.717, 1.165) is 17.9 Å². The third-order valence-corrected chi connectivity index (χ3v) is 4.23. The molecular weight excluding hydrogens is 262 g/mol. The topological polar surface area (TPSA) is 44.5 Å². The van der Waals surface area contributed by atoms with Gasteiger partial charge >= 0.3 is 0 Å². The fourth-order valence-electron chi connectivity index (χ4n) is 2.72. The zero-order valence-electron chi connectivity index (χ0n) is 12.6. The first-order valence-electron chi connectivity index (χ1n) is 7.26. The van der Waals surface area contributed by atoms with Crippen LogP contribution >= 0.6 is 0 Å². The number of rotatable bonds is 4. The predicted octanol–water partition coefficient (Wildman–Crippen LogP) is 3.18. The van der Waals surface area contributed by atoms with Crippen LogP contribution in [0.5, 0.6) is 11.5 Å². The molecule has 1 aliphatic rings. The third-order valence-electron chi connectivity index (χ3n) is 4.23. The number of ether oxygens (including phenoxy) is 2. The van der Waals surface area contributed by atoms with E-state index in [1.165, 1.54) is 16.7 Å². The van der Waals surface area contributed by atoms with Crippen LogP contribution in [-0.2, 0) is 11.8 Å². The molecule has 2 N–H and O–H groups in total. The lowest BCUT2D eigenvalue weighted by atomic mass is 9.77. The molecule has 0 bridgehead atoms. The normalized spacial score (nSPS) is 15.8. The van der Waals surface area contributed by atoms with Crippen molar-refractivity contribution in [3.05, 3.63) is 59.2 Å². The summed E-state index contributed by atoms with van der Waals surface area (Å²) in [5.74, 6) is 1.63. The molecule has 21 heavy (non-hydrogen) atoms. The fraction of sp³-hybridized carbons (Fsp3) is 0.333. The van der Waals surface area contributed by atoms with Crippen LogP contribution in [0.4, 0.5) is 0 Å². The Labute approximate surface area is 125 Å². The average Bonchev–Trinajstić information content (AvgIpc) is 2.97. The lowest BCUT2D eigenvalue weighted by Gasteiger charge is -2.29. The molecule has 0 saturated heterocycles. The zero-order chi connectivity index (χ0) is 14.9. The third kappa shape index (κ3) is 2.74. The van der Waals surface area contributed by atoms with Gasteiger partial charge in [0.2, 0.25) is 6.79 Å². The van der Waals surface area contributed by atoms with Gasteiger partial charge in [0, 0.05) is 12.0 Å². The van der Waals surface area contributed by atoms with Crippen molar-refractivity contribution in [1.82, 2.24) is 0 Å². The molecule has 3 heteroatoms. The molecule has 2 aromatic rings. The predicted molar refractivity (Wildman–Crippen MR) is 83.9 cm³/mol. The molecule has 110 valence electrons. The minimum Gasteiger partial charge on any atom is -0.454 e. The van der Waals surface area contributed by atoms with Crippen molar-refractivity contribution in [3.8, 4) is 11.5 Å². The van der Waals surface area contributed by atoms with E-state index in [0.29, 0.717) is 13.3 Å². The van der Waals surface area contributed by atoms with Crippen molar-refractivity contribution in [1.29, 1.82) is 0 Å². The molecular formula is C18H21NO2. The quantitative estimate of drug-likeness (QED) is 0.937. The number of fused-ring (bicyclic) bond motifs is 1. The van der Waals surface area contributed by atoms with Crippen LogP contribution in [0, 0.1) is 6.92 Å². The summed E-state index contributed by atoms with van der Waals surface area (Å²) in [6.45, 7) is 5.19. The summed E-state index contributed by atoms with van der Waals surface area (Å²) in [7, 11) is 0. The monoisotopic (exact) mass is 283 g/mol. The molecule has 0 aromatic heterocycles. The molecule has 3 rings (SSSR count). The average molecular weight is 283 g/mol. The van der Waals surface area contributed by atoms with E-state index < -0.39 is 0 Å². The van der Waals surface area contributed by atoms with Crippen LogP contribution in [0.15, 0.2) is 42.5 Å². The second-order valence-corrected chi connectivity index (χ2v) is 6.00. The number of hydrogen-bond donors (Lipinski definition) is 1. The molecule has 1 unspecified atom stereocenters. The molecule has 0 spiro atoms. The molecule has 1 heterocycles. The Balaban J connectivity index is 1.90. The van der Waals surface area contributed by atoms with Crippen LogP contribution in [0.1, 0.15) is 23.6 Å². The summed E-state index contributed by atoms with van der Waals surface area (Å²) < 4.78 is 10.9. The van der Waals surface area contributed by atoms with Gasteiger partial charge in [-0.25, -0.2) is 0 Å². The largest absolute Gasteiger partial charge is 0.454 e. The molecule has 3 nitrogen and oxygen atoms in total. The van der Waals surface area contributed by atoms with E-state index in [2.05, 4.69) is 50.2 Å². The Bertz CT molecular complexity index is 636. The molecule has 0 amide bonds. The summed E-state index contributed by atoms with van der Waals surface area (Å²) in [4.78, 5) is 0. The first-order chi connectivity index (χ1) is 10.1. The Morgan fingerprint density at radius 1 is 1.05 bits per heavy atom. The smallest absolute Gasteiger partial charge is 0.231 e. The van der Waals surface area contributed by atoms with E-state index in [9.17, 15) is 0 Å². The number of nitrogens with two attached hydrogens (primary N) is 1. The maximum atomic E-state index is 6.09. The highest BCUT2D eigenvalue weighted by Crippen LogP contribution is 2.37. The first kappa shape index (κ1) is 14.0. The SMILES string of the molecule is Cc1ccc(CC(C)(CN)c2ccc3c(c2)OCO3)cc1. The molecule has 0 saturated carbocycles. The van der Waals surface area contributed by atoms with Gasteiger partial charge in [0.05, 0.1) is 0 Å². The highest BCUT2D eigenvalue weighted by Gasteiger charge is 2.27. The standard InChI is InChI=1S/C18H21NO2/c1-13-3-5-14(6-4-13)10-18(2,11-19)15-7-8-16-17(9-15)21-12-20-16/h3-9H,10-12,19H2,1-2H3. The van der Waals surface area contributed by atoms with Crippen molar-refractivity contribution in [2.75, 3.05) is 13.3 Å². The minimum atomic E-state index is -0.115. The van der Waals surface area contributed by atoms with Crippen LogP contribution in [0.2, 0.25) is 0 Å². The van der Waals surface area contributed by atoms with Crippen LogP contribution < -0.4 is 15.2 Å². The maximum Gasteiger partial charge on any atom is 0.231 e. The summed E-state index contributed by atoms with van der Waals surface area (Å²) >= 11 is 0. The van der Waals surface area contributed by atoms with Gasteiger partial charge in [-0.1, -0.05) is 42.8 Å². The van der Waals surface area contributed by atoms with Gasteiger partial charge in [0.15, 0.2) is 11.5 Å². The first-order valence-corrected chi connectivity index (χ1v) is 7.26. The van der Waals surface area contributed by atoms with Gasteiger partial charge in [-0.3, -0.25) is 0 Å². The van der Waals surface area contributed by atoms with Crippen LogP contribution in [0.25, 0.3) is 0 Å². The number of aryl methyl sites for hydroxylation is 1. The van der Waals surface area contributed by atoms with Gasteiger partial charge in [0.1, 0.15) is 0 Å². The lowest BCUT2D eigenvalue weighted by molar-refractivity contribution is 0.174. The van der Waals surface area contributed by atoms with E-state index in [-0.39, 0.29) is 5.41 Å². The Morgan fingerprint density at radius 2 is 1.76 bits per heavy atom. The van der Waals surface area contributed by atoms with Crippen molar-refractivity contribution < 1.29 is 9.47 Å². The van der Waals surface area contributed by atoms with Crippen LogP contribution in [-0.4, -0.2) is 13.3 Å². The highest BCUT2D eigenvalue weighted by atomic mass is 16.7. The summed E-state index contributed by atoms with van der Waals surface area (Å²) in [5.41, 5.74) is 9.74. The second kappa shape index (κ2) is 5.41. The summed E-state index contributed by atoms with van der Waals surface area (Å²) in [6, 6.07) is 14.8. The zero-order valence-corrected chi connectivity index (χ0v) is 12.6. The van der Waals surface area contributed by atoms with Gasteiger partial charge < -0.3 is 15.2 Å². The second-order valence-electron chi connectivity index (χ2n) is 6.00. The molecule has 0 radical (unpaired) electrons. The lowest BCUT2D eigenvalue weighted by Crippen LogP contribution is -2.34. The number of hydrogen-bond acceptors (Lipinski definition) is 3. The van der Waals surface area contributed by atoms with E-state index >= 15 is 0 Å². The Kier molecular flexibility index (Phi) is 3.60.